The summed E-state index contributed by atoms with van der Waals surface area (Å²) >= 11 is 0. The number of piperidine rings is 1. The Kier molecular flexibility index (Phi) is 5.43. The molecule has 108 valence electrons. The van der Waals surface area contributed by atoms with Crippen LogP contribution < -0.4 is 5.32 Å². The van der Waals surface area contributed by atoms with E-state index in [9.17, 15) is 0 Å². The Morgan fingerprint density at radius 3 is 2.79 bits per heavy atom. The van der Waals surface area contributed by atoms with Crippen molar-refractivity contribution in [2.75, 3.05) is 26.7 Å². The SMILES string of the molecule is CCOC1CCN(Cc2cc(C)c(CNC)o2)CC1. The van der Waals surface area contributed by atoms with Gasteiger partial charge in [0.25, 0.3) is 0 Å². The number of nitrogens with zero attached hydrogens (tertiary/aromatic N) is 1. The maximum atomic E-state index is 5.90. The molecule has 2 rings (SSSR count). The Morgan fingerprint density at radius 2 is 2.16 bits per heavy atom. The molecule has 0 amide bonds. The smallest absolute Gasteiger partial charge is 0.120 e. The molecular formula is C15H26N2O2. The molecule has 0 bridgehead atoms. The molecule has 0 spiro atoms. The summed E-state index contributed by atoms with van der Waals surface area (Å²) in [5.41, 5.74) is 1.24. The zero-order valence-electron chi connectivity index (χ0n) is 12.4. The van der Waals surface area contributed by atoms with E-state index in [4.69, 9.17) is 9.15 Å². The number of hydrogen-bond acceptors (Lipinski definition) is 4. The summed E-state index contributed by atoms with van der Waals surface area (Å²) in [6.45, 7) is 8.94. The summed E-state index contributed by atoms with van der Waals surface area (Å²) in [5.74, 6) is 2.14. The number of hydrogen-bond donors (Lipinski definition) is 1. The topological polar surface area (TPSA) is 37.6 Å². The van der Waals surface area contributed by atoms with E-state index in [1.807, 2.05) is 7.05 Å². The Morgan fingerprint density at radius 1 is 1.42 bits per heavy atom. The van der Waals surface area contributed by atoms with E-state index < -0.39 is 0 Å². The van der Waals surface area contributed by atoms with Gasteiger partial charge in [0.2, 0.25) is 0 Å². The predicted molar refractivity (Wildman–Crippen MR) is 76.1 cm³/mol. The van der Waals surface area contributed by atoms with Crippen LogP contribution in [0.1, 0.15) is 36.8 Å². The van der Waals surface area contributed by atoms with Crippen molar-refractivity contribution >= 4 is 0 Å². The highest BCUT2D eigenvalue weighted by atomic mass is 16.5. The van der Waals surface area contributed by atoms with Crippen molar-refractivity contribution < 1.29 is 9.15 Å². The zero-order valence-corrected chi connectivity index (χ0v) is 12.4. The van der Waals surface area contributed by atoms with Crippen LogP contribution in [0.5, 0.6) is 0 Å². The minimum absolute atomic E-state index is 0.458. The molecule has 1 aliphatic rings. The highest BCUT2D eigenvalue weighted by molar-refractivity contribution is 5.20. The Hall–Kier alpha value is -0.840. The molecule has 4 heteroatoms. The first-order valence-corrected chi connectivity index (χ1v) is 7.29. The van der Waals surface area contributed by atoms with Crippen molar-refractivity contribution in [3.05, 3.63) is 23.2 Å². The molecular weight excluding hydrogens is 240 g/mol. The fourth-order valence-electron chi connectivity index (χ4n) is 2.69. The van der Waals surface area contributed by atoms with Crippen molar-refractivity contribution in [2.45, 2.75) is 45.9 Å². The first-order chi connectivity index (χ1) is 9.22. The summed E-state index contributed by atoms with van der Waals surface area (Å²) in [7, 11) is 1.94. The lowest BCUT2D eigenvalue weighted by atomic mass is 10.1. The first-order valence-electron chi connectivity index (χ1n) is 7.29. The minimum Gasteiger partial charge on any atom is -0.463 e. The Labute approximate surface area is 116 Å². The van der Waals surface area contributed by atoms with E-state index in [-0.39, 0.29) is 0 Å². The number of likely N-dealkylation sites (tertiary alicyclic amines) is 1. The second-order valence-electron chi connectivity index (χ2n) is 5.28. The normalized spacial score (nSPS) is 18.1. The van der Waals surface area contributed by atoms with Crippen molar-refractivity contribution in [1.82, 2.24) is 10.2 Å². The van der Waals surface area contributed by atoms with Crippen LogP contribution in [0, 0.1) is 6.92 Å². The second-order valence-corrected chi connectivity index (χ2v) is 5.28. The predicted octanol–water partition coefficient (Wildman–Crippen LogP) is 2.31. The third-order valence-electron chi connectivity index (χ3n) is 3.73. The van der Waals surface area contributed by atoms with Gasteiger partial charge >= 0.3 is 0 Å². The molecule has 1 aromatic heterocycles. The molecule has 2 heterocycles. The van der Waals surface area contributed by atoms with Gasteiger partial charge in [-0.2, -0.15) is 0 Å². The van der Waals surface area contributed by atoms with Crippen LogP contribution in [-0.4, -0.2) is 37.7 Å². The molecule has 4 nitrogen and oxygen atoms in total. The van der Waals surface area contributed by atoms with Gasteiger partial charge in [0.15, 0.2) is 0 Å². The van der Waals surface area contributed by atoms with Crippen LogP contribution >= 0.6 is 0 Å². The van der Waals surface area contributed by atoms with Crippen molar-refractivity contribution in [1.29, 1.82) is 0 Å². The van der Waals surface area contributed by atoms with Crippen LogP contribution in [0.3, 0.4) is 0 Å². The molecule has 0 atom stereocenters. The van der Waals surface area contributed by atoms with Crippen LogP contribution in [0.25, 0.3) is 0 Å². The third kappa shape index (κ3) is 4.06. The third-order valence-corrected chi connectivity index (χ3v) is 3.73. The average Bonchev–Trinajstić information content (AvgIpc) is 2.73. The molecule has 1 aromatic rings. The molecule has 0 aliphatic carbocycles. The summed E-state index contributed by atoms with van der Waals surface area (Å²) in [6, 6.07) is 2.17. The van der Waals surface area contributed by atoms with E-state index in [1.165, 1.54) is 5.56 Å². The van der Waals surface area contributed by atoms with Crippen molar-refractivity contribution in [2.24, 2.45) is 0 Å². The van der Waals surface area contributed by atoms with Crippen molar-refractivity contribution in [3.8, 4) is 0 Å². The van der Waals surface area contributed by atoms with Crippen LogP contribution in [0.4, 0.5) is 0 Å². The molecule has 0 aromatic carbocycles. The fraction of sp³-hybridized carbons (Fsp3) is 0.733. The van der Waals surface area contributed by atoms with Gasteiger partial charge in [-0.3, -0.25) is 4.90 Å². The van der Waals surface area contributed by atoms with E-state index in [2.05, 4.69) is 30.1 Å². The van der Waals surface area contributed by atoms with Gasteiger partial charge < -0.3 is 14.5 Å². The number of furan rings is 1. The van der Waals surface area contributed by atoms with E-state index in [0.29, 0.717) is 6.10 Å². The molecule has 1 saturated heterocycles. The quantitative estimate of drug-likeness (QED) is 0.857. The molecule has 0 saturated carbocycles. The number of aryl methyl sites for hydroxylation is 1. The van der Waals surface area contributed by atoms with Gasteiger partial charge in [0.1, 0.15) is 11.5 Å². The van der Waals surface area contributed by atoms with Gasteiger partial charge in [-0.25, -0.2) is 0 Å². The summed E-state index contributed by atoms with van der Waals surface area (Å²) in [6.07, 6.45) is 2.73. The lowest BCUT2D eigenvalue weighted by Crippen LogP contribution is -2.36. The molecule has 0 unspecified atom stereocenters. The van der Waals surface area contributed by atoms with Gasteiger partial charge in [0.05, 0.1) is 19.2 Å². The summed E-state index contributed by atoms with van der Waals surface area (Å²) in [4.78, 5) is 2.46. The maximum Gasteiger partial charge on any atom is 0.120 e. The Balaban J connectivity index is 1.83. The molecule has 1 fully saturated rings. The number of ether oxygens (including phenoxy) is 1. The van der Waals surface area contributed by atoms with E-state index in [1.54, 1.807) is 0 Å². The van der Waals surface area contributed by atoms with Gasteiger partial charge in [0, 0.05) is 19.7 Å². The largest absolute Gasteiger partial charge is 0.463 e. The first kappa shape index (κ1) is 14.6. The monoisotopic (exact) mass is 266 g/mol. The summed E-state index contributed by atoms with van der Waals surface area (Å²) in [5, 5.41) is 3.14. The van der Waals surface area contributed by atoms with Crippen molar-refractivity contribution in [3.63, 3.8) is 0 Å². The van der Waals surface area contributed by atoms with Gasteiger partial charge in [-0.15, -0.1) is 0 Å². The van der Waals surface area contributed by atoms with Crippen LogP contribution in [-0.2, 0) is 17.8 Å². The second kappa shape index (κ2) is 7.08. The zero-order chi connectivity index (χ0) is 13.7. The minimum atomic E-state index is 0.458. The molecule has 19 heavy (non-hydrogen) atoms. The highest BCUT2D eigenvalue weighted by Gasteiger charge is 2.20. The van der Waals surface area contributed by atoms with E-state index in [0.717, 1.165) is 57.1 Å². The fourth-order valence-corrected chi connectivity index (χ4v) is 2.69. The standard InChI is InChI=1S/C15H26N2O2/c1-4-18-13-5-7-17(8-6-13)11-14-9-12(2)15(19-14)10-16-3/h9,13,16H,4-8,10-11H2,1-3H3. The molecule has 1 N–H and O–H groups in total. The van der Waals surface area contributed by atoms with Gasteiger partial charge in [-0.05, 0) is 45.4 Å². The van der Waals surface area contributed by atoms with Crippen LogP contribution in [0.15, 0.2) is 10.5 Å². The van der Waals surface area contributed by atoms with E-state index >= 15 is 0 Å². The lowest BCUT2D eigenvalue weighted by molar-refractivity contribution is 0.0111. The average molecular weight is 266 g/mol. The van der Waals surface area contributed by atoms with Crippen LogP contribution in [0.2, 0.25) is 0 Å². The Bertz CT molecular complexity index is 381. The number of rotatable bonds is 6. The van der Waals surface area contributed by atoms with Gasteiger partial charge in [-0.1, -0.05) is 0 Å². The number of nitrogens with one attached hydrogen (secondary N) is 1. The lowest BCUT2D eigenvalue weighted by Gasteiger charge is -2.31. The molecule has 1 aliphatic heterocycles. The molecule has 0 radical (unpaired) electrons. The maximum absolute atomic E-state index is 5.90. The highest BCUT2D eigenvalue weighted by Crippen LogP contribution is 2.19. The summed E-state index contributed by atoms with van der Waals surface area (Å²) < 4.78 is 11.6.